The van der Waals surface area contributed by atoms with Crippen molar-refractivity contribution in [1.29, 1.82) is 0 Å². The van der Waals surface area contributed by atoms with Crippen molar-refractivity contribution in [3.05, 3.63) is 103 Å². The van der Waals surface area contributed by atoms with Crippen LogP contribution in [0.4, 0.5) is 0 Å². The van der Waals surface area contributed by atoms with Crippen molar-refractivity contribution in [3.8, 4) is 28.2 Å². The van der Waals surface area contributed by atoms with Gasteiger partial charge in [0.05, 0.1) is 6.26 Å². The van der Waals surface area contributed by atoms with Crippen molar-refractivity contribution in [2.45, 2.75) is 6.61 Å². The SMILES string of the molecule is c1ccc(COc2ccc(-c3cccc(-c4ccco4)c3)cc2)cc1. The highest BCUT2D eigenvalue weighted by Crippen LogP contribution is 2.28. The Morgan fingerprint density at radius 1 is 0.640 bits per heavy atom. The Morgan fingerprint density at radius 3 is 2.20 bits per heavy atom. The van der Waals surface area contributed by atoms with Crippen molar-refractivity contribution < 1.29 is 9.15 Å². The van der Waals surface area contributed by atoms with Crippen LogP contribution in [-0.4, -0.2) is 0 Å². The fourth-order valence-corrected chi connectivity index (χ4v) is 2.78. The van der Waals surface area contributed by atoms with E-state index >= 15 is 0 Å². The molecule has 0 saturated heterocycles. The lowest BCUT2D eigenvalue weighted by Gasteiger charge is -2.08. The maximum absolute atomic E-state index is 5.85. The van der Waals surface area contributed by atoms with Gasteiger partial charge in [0.1, 0.15) is 18.1 Å². The molecule has 0 fully saturated rings. The van der Waals surface area contributed by atoms with E-state index in [2.05, 4.69) is 42.5 Å². The fourth-order valence-electron chi connectivity index (χ4n) is 2.78. The van der Waals surface area contributed by atoms with Crippen LogP contribution in [0.15, 0.2) is 102 Å². The number of furan rings is 1. The second-order valence-electron chi connectivity index (χ2n) is 5.86. The van der Waals surface area contributed by atoms with E-state index in [1.54, 1.807) is 6.26 Å². The van der Waals surface area contributed by atoms with Gasteiger partial charge in [-0.1, -0.05) is 60.7 Å². The molecule has 0 atom stereocenters. The highest BCUT2D eigenvalue weighted by Gasteiger charge is 2.04. The second-order valence-corrected chi connectivity index (χ2v) is 5.86. The molecule has 0 bridgehead atoms. The Bertz CT molecular complexity index is 924. The lowest BCUT2D eigenvalue weighted by atomic mass is 10.0. The van der Waals surface area contributed by atoms with E-state index in [0.717, 1.165) is 33.8 Å². The molecule has 0 unspecified atom stereocenters. The van der Waals surface area contributed by atoms with E-state index < -0.39 is 0 Å². The fraction of sp³-hybridized carbons (Fsp3) is 0.0435. The Morgan fingerprint density at radius 2 is 1.44 bits per heavy atom. The molecule has 1 aromatic heterocycles. The first-order chi connectivity index (χ1) is 12.4. The van der Waals surface area contributed by atoms with Gasteiger partial charge in [0.2, 0.25) is 0 Å². The number of benzene rings is 3. The molecular formula is C23H18O2. The largest absolute Gasteiger partial charge is 0.489 e. The van der Waals surface area contributed by atoms with Crippen LogP contribution in [0.5, 0.6) is 5.75 Å². The van der Waals surface area contributed by atoms with Gasteiger partial charge in [-0.25, -0.2) is 0 Å². The predicted octanol–water partition coefficient (Wildman–Crippen LogP) is 6.19. The molecule has 0 amide bonds. The average molecular weight is 326 g/mol. The lowest BCUT2D eigenvalue weighted by molar-refractivity contribution is 0.306. The van der Waals surface area contributed by atoms with Gasteiger partial charge in [-0.2, -0.15) is 0 Å². The van der Waals surface area contributed by atoms with Gasteiger partial charge in [0.25, 0.3) is 0 Å². The van der Waals surface area contributed by atoms with E-state index in [1.165, 1.54) is 0 Å². The highest BCUT2D eigenvalue weighted by atomic mass is 16.5. The van der Waals surface area contributed by atoms with Crippen molar-refractivity contribution in [1.82, 2.24) is 0 Å². The summed E-state index contributed by atoms with van der Waals surface area (Å²) >= 11 is 0. The molecular weight excluding hydrogens is 308 g/mol. The number of hydrogen-bond acceptors (Lipinski definition) is 2. The van der Waals surface area contributed by atoms with Crippen molar-refractivity contribution >= 4 is 0 Å². The van der Waals surface area contributed by atoms with Crippen molar-refractivity contribution in [2.24, 2.45) is 0 Å². The molecule has 122 valence electrons. The maximum atomic E-state index is 5.85. The third kappa shape index (κ3) is 3.64. The lowest BCUT2D eigenvalue weighted by Crippen LogP contribution is -1.94. The van der Waals surface area contributed by atoms with Crippen LogP contribution in [0.2, 0.25) is 0 Å². The summed E-state index contributed by atoms with van der Waals surface area (Å²) in [6.07, 6.45) is 1.70. The van der Waals surface area contributed by atoms with Gasteiger partial charge in [0.15, 0.2) is 0 Å². The molecule has 25 heavy (non-hydrogen) atoms. The van der Waals surface area contributed by atoms with Gasteiger partial charge < -0.3 is 9.15 Å². The zero-order valence-electron chi connectivity index (χ0n) is 13.8. The summed E-state index contributed by atoms with van der Waals surface area (Å²) in [6, 6.07) is 30.6. The zero-order chi connectivity index (χ0) is 16.9. The van der Waals surface area contributed by atoms with Crippen LogP contribution < -0.4 is 4.74 Å². The van der Waals surface area contributed by atoms with Gasteiger partial charge in [0, 0.05) is 5.56 Å². The van der Waals surface area contributed by atoms with Crippen LogP contribution in [0.3, 0.4) is 0 Å². The smallest absolute Gasteiger partial charge is 0.133 e. The van der Waals surface area contributed by atoms with E-state index in [-0.39, 0.29) is 0 Å². The second kappa shape index (κ2) is 7.10. The maximum Gasteiger partial charge on any atom is 0.133 e. The summed E-state index contributed by atoms with van der Waals surface area (Å²) in [4.78, 5) is 0. The van der Waals surface area contributed by atoms with Crippen LogP contribution in [0, 0.1) is 0 Å². The third-order valence-electron chi connectivity index (χ3n) is 4.10. The van der Waals surface area contributed by atoms with Crippen LogP contribution in [0.25, 0.3) is 22.5 Å². The minimum atomic E-state index is 0.578. The third-order valence-corrected chi connectivity index (χ3v) is 4.10. The Labute approximate surface area is 147 Å². The molecule has 0 aliphatic carbocycles. The Kier molecular flexibility index (Phi) is 4.34. The molecule has 3 aromatic carbocycles. The molecule has 0 N–H and O–H groups in total. The number of ether oxygens (including phenoxy) is 1. The summed E-state index contributed by atoms with van der Waals surface area (Å²) in [6.45, 7) is 0.578. The first-order valence-corrected chi connectivity index (χ1v) is 8.29. The molecule has 2 nitrogen and oxygen atoms in total. The summed E-state index contributed by atoms with van der Waals surface area (Å²) in [5, 5.41) is 0. The van der Waals surface area contributed by atoms with Gasteiger partial charge >= 0.3 is 0 Å². The normalized spacial score (nSPS) is 10.6. The van der Waals surface area contributed by atoms with E-state index in [9.17, 15) is 0 Å². The first-order valence-electron chi connectivity index (χ1n) is 8.29. The quantitative estimate of drug-likeness (QED) is 0.436. The average Bonchev–Trinajstić information content (AvgIpc) is 3.23. The first kappa shape index (κ1) is 15.3. The molecule has 0 aliphatic heterocycles. The molecule has 0 spiro atoms. The van der Waals surface area contributed by atoms with E-state index in [1.807, 2.05) is 48.5 Å². The van der Waals surface area contributed by atoms with E-state index in [4.69, 9.17) is 9.15 Å². The molecule has 4 rings (SSSR count). The van der Waals surface area contributed by atoms with Gasteiger partial charge in [-0.15, -0.1) is 0 Å². The van der Waals surface area contributed by atoms with Crippen molar-refractivity contribution in [3.63, 3.8) is 0 Å². The standard InChI is InChI=1S/C23H18O2/c1-2-6-18(7-3-1)17-25-22-13-11-19(12-14-22)20-8-4-9-21(16-20)23-10-5-15-24-23/h1-16H,17H2. The molecule has 4 aromatic rings. The molecule has 0 aliphatic rings. The number of rotatable bonds is 5. The van der Waals surface area contributed by atoms with E-state index in [0.29, 0.717) is 6.61 Å². The molecule has 0 radical (unpaired) electrons. The van der Waals surface area contributed by atoms with Crippen LogP contribution in [0.1, 0.15) is 5.56 Å². The van der Waals surface area contributed by atoms with Gasteiger partial charge in [-0.3, -0.25) is 0 Å². The minimum Gasteiger partial charge on any atom is -0.489 e. The number of hydrogen-bond donors (Lipinski definition) is 0. The monoisotopic (exact) mass is 326 g/mol. The summed E-state index contributed by atoms with van der Waals surface area (Å²) in [5.41, 5.74) is 4.55. The zero-order valence-corrected chi connectivity index (χ0v) is 13.8. The van der Waals surface area contributed by atoms with Crippen LogP contribution in [-0.2, 0) is 6.61 Å². The topological polar surface area (TPSA) is 22.4 Å². The predicted molar refractivity (Wildman–Crippen MR) is 100 cm³/mol. The summed E-state index contributed by atoms with van der Waals surface area (Å²) < 4.78 is 11.3. The summed E-state index contributed by atoms with van der Waals surface area (Å²) in [5.74, 6) is 1.75. The van der Waals surface area contributed by atoms with Crippen LogP contribution >= 0.6 is 0 Å². The Balaban J connectivity index is 1.49. The minimum absolute atomic E-state index is 0.578. The highest BCUT2D eigenvalue weighted by molar-refractivity contribution is 5.71. The Hall–Kier alpha value is -3.26. The van der Waals surface area contributed by atoms with Gasteiger partial charge in [-0.05, 0) is 47.0 Å². The summed E-state index contributed by atoms with van der Waals surface area (Å²) in [7, 11) is 0. The molecule has 1 heterocycles. The molecule has 0 saturated carbocycles. The molecule has 2 heteroatoms. The van der Waals surface area contributed by atoms with Crippen molar-refractivity contribution in [2.75, 3.05) is 0 Å².